The molecule has 0 spiro atoms. The average Bonchev–Trinajstić information content (AvgIpc) is 3.85. The summed E-state index contributed by atoms with van der Waals surface area (Å²) in [4.78, 5) is 57.8. The smallest absolute Gasteiger partial charge is 0.418 e. The molecule has 4 aliphatic rings. The number of aromatic nitrogens is 1. The van der Waals surface area contributed by atoms with E-state index in [1.807, 2.05) is 60.7 Å². The van der Waals surface area contributed by atoms with Crippen LogP contribution in [0.2, 0.25) is 0 Å². The van der Waals surface area contributed by atoms with Gasteiger partial charge in [-0.15, -0.1) is 11.8 Å². The molecular formula is C38H28F3N3O5S2. The third kappa shape index (κ3) is 5.19. The normalized spacial score (nSPS) is 26.3. The Labute approximate surface area is 297 Å². The molecule has 1 saturated heterocycles. The molecule has 2 N–H and O–H groups in total. The van der Waals surface area contributed by atoms with Crippen LogP contribution in [-0.4, -0.2) is 34.6 Å². The van der Waals surface area contributed by atoms with E-state index in [2.05, 4.69) is 10.3 Å². The number of halogens is 3. The number of nitrogens with one attached hydrogen (secondary N) is 2. The number of alkyl halides is 3. The summed E-state index contributed by atoms with van der Waals surface area (Å²) in [5.74, 6) is -3.62. The van der Waals surface area contributed by atoms with Gasteiger partial charge < -0.3 is 15.0 Å². The fourth-order valence-electron chi connectivity index (χ4n) is 8.95. The molecule has 3 amide bonds. The lowest BCUT2D eigenvalue weighted by Gasteiger charge is -2.43. The quantitative estimate of drug-likeness (QED) is 0.178. The van der Waals surface area contributed by atoms with Crippen LogP contribution in [0.5, 0.6) is 5.75 Å². The number of aromatic amines is 1. The summed E-state index contributed by atoms with van der Waals surface area (Å²) < 4.78 is 48.0. The zero-order valence-corrected chi connectivity index (χ0v) is 28.2. The van der Waals surface area contributed by atoms with E-state index >= 15 is 0 Å². The van der Waals surface area contributed by atoms with Crippen molar-refractivity contribution in [3.8, 4) is 5.75 Å². The van der Waals surface area contributed by atoms with Gasteiger partial charge in [-0.05, 0) is 76.9 Å². The summed E-state index contributed by atoms with van der Waals surface area (Å²) in [5, 5.41) is 5.48. The van der Waals surface area contributed by atoms with Gasteiger partial charge in [0.25, 0.3) is 5.91 Å². The van der Waals surface area contributed by atoms with Crippen LogP contribution in [0.3, 0.4) is 0 Å². The van der Waals surface area contributed by atoms with Crippen molar-refractivity contribution < 1.29 is 32.3 Å². The number of benzene rings is 4. The van der Waals surface area contributed by atoms with Gasteiger partial charge in [-0.25, -0.2) is 4.90 Å². The molecule has 2 aliphatic heterocycles. The number of H-pyrrole nitrogens is 1. The van der Waals surface area contributed by atoms with Crippen molar-refractivity contribution in [2.45, 2.75) is 28.8 Å². The Bertz CT molecular complexity index is 2320. The second-order valence-corrected chi connectivity index (χ2v) is 15.7. The standard InChI is InChI=1S/C38H28F3N3O5S2/c39-38(40,41)25-10-3-4-11-26(25)44-35(46)30-23-16-24(31(30)36(44)47)32-29(23)28(33-34(50-32)43-37(48)51-33)20-8-5-9-22(15-20)49-17-27(45)42-21-13-12-18-6-1-2-7-19(18)14-21/h1-15,23-24,28-32H,16-17H2,(H,42,45)(H,43,48)/t23-,24-,28-,29?,30?,31?,32?/m1/s1. The highest BCUT2D eigenvalue weighted by Gasteiger charge is 2.70. The van der Waals surface area contributed by atoms with Crippen molar-refractivity contribution in [3.05, 3.63) is 117 Å². The number of fused-ring (bicyclic) bond motifs is 10. The van der Waals surface area contributed by atoms with Gasteiger partial charge in [0.1, 0.15) is 5.75 Å². The van der Waals surface area contributed by atoms with Gasteiger partial charge in [0.2, 0.25) is 11.8 Å². The van der Waals surface area contributed by atoms with E-state index < -0.39 is 41.1 Å². The molecule has 4 aromatic carbocycles. The van der Waals surface area contributed by atoms with Gasteiger partial charge in [0, 0.05) is 21.7 Å². The number of para-hydroxylation sites is 1. The van der Waals surface area contributed by atoms with E-state index in [9.17, 15) is 32.3 Å². The van der Waals surface area contributed by atoms with Crippen LogP contribution in [-0.2, 0) is 20.6 Å². The fraction of sp³-hybridized carbons (Fsp3) is 0.263. The number of rotatable bonds is 6. The molecule has 2 saturated carbocycles. The van der Waals surface area contributed by atoms with Crippen LogP contribution in [0.1, 0.15) is 28.3 Å². The Morgan fingerprint density at radius 1 is 0.882 bits per heavy atom. The number of hydrogen-bond donors (Lipinski definition) is 2. The first-order valence-electron chi connectivity index (χ1n) is 16.5. The Kier molecular flexibility index (Phi) is 7.44. The maximum Gasteiger partial charge on any atom is 0.418 e. The molecule has 51 heavy (non-hydrogen) atoms. The summed E-state index contributed by atoms with van der Waals surface area (Å²) in [6.45, 7) is -0.244. The lowest BCUT2D eigenvalue weighted by molar-refractivity contribution is -0.137. The summed E-state index contributed by atoms with van der Waals surface area (Å²) in [6.07, 6.45) is -4.15. The van der Waals surface area contributed by atoms with Gasteiger partial charge in [0.15, 0.2) is 6.61 Å². The minimum Gasteiger partial charge on any atom is -0.484 e. The van der Waals surface area contributed by atoms with Crippen LogP contribution < -0.4 is 19.8 Å². The van der Waals surface area contributed by atoms with E-state index in [4.69, 9.17) is 4.74 Å². The molecule has 258 valence electrons. The van der Waals surface area contributed by atoms with Crippen LogP contribution in [0.15, 0.2) is 101 Å². The zero-order chi connectivity index (χ0) is 35.2. The molecule has 3 heterocycles. The lowest BCUT2D eigenvalue weighted by Crippen LogP contribution is -2.42. The predicted molar refractivity (Wildman–Crippen MR) is 187 cm³/mol. The second kappa shape index (κ2) is 11.8. The van der Waals surface area contributed by atoms with Crippen molar-refractivity contribution in [3.63, 3.8) is 0 Å². The van der Waals surface area contributed by atoms with Gasteiger partial charge >= 0.3 is 11.0 Å². The number of carbonyl (C=O) groups is 3. The summed E-state index contributed by atoms with van der Waals surface area (Å²) in [5.41, 5.74) is 0.0196. The molecule has 7 atom stereocenters. The first-order chi connectivity index (χ1) is 24.6. The first kappa shape index (κ1) is 32.1. The van der Waals surface area contributed by atoms with Crippen LogP contribution in [0, 0.1) is 29.6 Å². The van der Waals surface area contributed by atoms with Gasteiger partial charge in [-0.2, -0.15) is 13.2 Å². The number of imide groups is 1. The van der Waals surface area contributed by atoms with Crippen LogP contribution >= 0.6 is 23.1 Å². The van der Waals surface area contributed by atoms with Crippen LogP contribution in [0.25, 0.3) is 10.8 Å². The van der Waals surface area contributed by atoms with Crippen molar-refractivity contribution in [1.29, 1.82) is 0 Å². The van der Waals surface area contributed by atoms with Crippen molar-refractivity contribution in [1.82, 2.24) is 4.98 Å². The minimum atomic E-state index is -4.74. The summed E-state index contributed by atoms with van der Waals surface area (Å²) >= 11 is 2.60. The largest absolute Gasteiger partial charge is 0.484 e. The lowest BCUT2D eigenvalue weighted by atomic mass is 9.68. The molecule has 8 nitrogen and oxygen atoms in total. The van der Waals surface area contributed by atoms with E-state index in [1.54, 1.807) is 6.07 Å². The molecule has 3 fully saturated rings. The highest BCUT2D eigenvalue weighted by Crippen LogP contribution is 2.69. The third-order valence-corrected chi connectivity index (χ3v) is 13.4. The Balaban J connectivity index is 0.998. The van der Waals surface area contributed by atoms with E-state index in [1.165, 1.54) is 30.0 Å². The Morgan fingerprint density at radius 2 is 1.63 bits per heavy atom. The molecule has 2 aliphatic carbocycles. The molecular weight excluding hydrogens is 700 g/mol. The first-order valence-corrected chi connectivity index (χ1v) is 18.2. The SMILES string of the molecule is O=C(COc1cccc([C@H]2c3sc(=O)[nH]c3SC3C2[C@H]2C[C@@H]3C3C(=O)N(c4ccccc4C(F)(F)F)C(=O)C32)c1)Nc1ccc2ccccc2c1. The minimum absolute atomic E-state index is 0.147. The number of anilines is 2. The molecule has 1 aromatic heterocycles. The number of amides is 3. The van der Waals surface area contributed by atoms with E-state index in [-0.39, 0.29) is 46.3 Å². The fourth-order valence-corrected chi connectivity index (χ4v) is 11.8. The molecule has 4 unspecified atom stereocenters. The number of thiazole rings is 1. The Morgan fingerprint density at radius 3 is 2.43 bits per heavy atom. The number of nitrogens with zero attached hydrogens (tertiary/aromatic N) is 1. The second-order valence-electron chi connectivity index (χ2n) is 13.5. The molecule has 0 radical (unpaired) electrons. The summed E-state index contributed by atoms with van der Waals surface area (Å²) in [6, 6.07) is 25.5. The molecule has 9 rings (SSSR count). The molecule has 2 bridgehead atoms. The maximum atomic E-state index is 14.1. The predicted octanol–water partition coefficient (Wildman–Crippen LogP) is 7.30. The summed E-state index contributed by atoms with van der Waals surface area (Å²) in [7, 11) is 0. The van der Waals surface area contributed by atoms with Crippen molar-refractivity contribution in [2.75, 3.05) is 16.8 Å². The Hall–Kier alpha value is -4.88. The highest BCUT2D eigenvalue weighted by atomic mass is 32.2. The molecule has 13 heteroatoms. The highest BCUT2D eigenvalue weighted by molar-refractivity contribution is 8.00. The maximum absolute atomic E-state index is 14.1. The van der Waals surface area contributed by atoms with Crippen molar-refractivity contribution >= 4 is 63.0 Å². The van der Waals surface area contributed by atoms with E-state index in [0.717, 1.165) is 43.5 Å². The topological polar surface area (TPSA) is 109 Å². The number of carbonyl (C=O) groups excluding carboxylic acids is 3. The number of thioether (sulfide) groups is 1. The van der Waals surface area contributed by atoms with Gasteiger partial charge in [-0.1, -0.05) is 65.9 Å². The zero-order valence-electron chi connectivity index (χ0n) is 26.6. The number of hydrogen-bond acceptors (Lipinski definition) is 7. The van der Waals surface area contributed by atoms with Gasteiger partial charge in [-0.3, -0.25) is 19.2 Å². The third-order valence-electron chi connectivity index (χ3n) is 10.8. The molecule has 5 aromatic rings. The van der Waals surface area contributed by atoms with Crippen LogP contribution in [0.4, 0.5) is 24.5 Å². The number of ether oxygens (including phenoxy) is 1. The average molecular weight is 728 g/mol. The van der Waals surface area contributed by atoms with Crippen molar-refractivity contribution in [2.24, 2.45) is 29.6 Å². The van der Waals surface area contributed by atoms with E-state index in [0.29, 0.717) is 22.9 Å². The van der Waals surface area contributed by atoms with Gasteiger partial charge in [0.05, 0.1) is 28.1 Å². The monoisotopic (exact) mass is 727 g/mol.